The van der Waals surface area contributed by atoms with Gasteiger partial charge < -0.3 is 9.64 Å². The van der Waals surface area contributed by atoms with Crippen LogP contribution in [0.5, 0.6) is 5.88 Å². The molecule has 1 amide bonds. The van der Waals surface area contributed by atoms with Gasteiger partial charge in [0.25, 0.3) is 5.91 Å². The maximum absolute atomic E-state index is 13.4. The van der Waals surface area contributed by atoms with Crippen LogP contribution in [0.15, 0.2) is 30.5 Å². The van der Waals surface area contributed by atoms with E-state index >= 15 is 0 Å². The van der Waals surface area contributed by atoms with Gasteiger partial charge in [0.1, 0.15) is 17.5 Å². The van der Waals surface area contributed by atoms with Crippen molar-refractivity contribution in [2.75, 3.05) is 20.1 Å². The predicted octanol–water partition coefficient (Wildman–Crippen LogP) is 1.78. The number of carbonyl (C=O) groups is 1. The van der Waals surface area contributed by atoms with Gasteiger partial charge in [-0.15, -0.1) is 0 Å². The minimum Gasteiger partial charge on any atom is -0.464 e. The highest BCUT2D eigenvalue weighted by Crippen LogP contribution is 2.34. The normalized spacial score (nSPS) is 25.1. The summed E-state index contributed by atoms with van der Waals surface area (Å²) in [5, 5.41) is 0. The average molecular weight is 374 g/mol. The second kappa shape index (κ2) is 6.84. The highest BCUT2D eigenvalue weighted by molar-refractivity contribution is 5.84. The smallest absolute Gasteiger partial charge is 0.264 e. The maximum atomic E-state index is 13.4. The molecule has 1 aromatic heterocycles. The molecule has 1 aromatic carbocycles. The number of ether oxygens (including phenoxy) is 1. The Balaban J connectivity index is 1.49. The number of rotatable bonds is 4. The summed E-state index contributed by atoms with van der Waals surface area (Å²) in [5.41, 5.74) is 0.574. The van der Waals surface area contributed by atoms with Crippen LogP contribution in [-0.4, -0.2) is 58.0 Å². The third-order valence-electron chi connectivity index (χ3n) is 5.21. The number of nitrogens with zero attached hydrogens (tertiary/aromatic N) is 4. The van der Waals surface area contributed by atoms with Gasteiger partial charge in [-0.25, -0.2) is 13.8 Å². The predicted molar refractivity (Wildman–Crippen MR) is 92.9 cm³/mol. The Morgan fingerprint density at radius 1 is 1.22 bits per heavy atom. The van der Waals surface area contributed by atoms with Gasteiger partial charge in [0.05, 0.1) is 6.04 Å². The van der Waals surface area contributed by atoms with Crippen LogP contribution in [0.3, 0.4) is 0 Å². The van der Waals surface area contributed by atoms with E-state index in [9.17, 15) is 13.6 Å². The minimum atomic E-state index is -0.622. The van der Waals surface area contributed by atoms with Gasteiger partial charge in [-0.2, -0.15) is 4.98 Å². The molecule has 2 aliphatic heterocycles. The van der Waals surface area contributed by atoms with Crippen LogP contribution in [-0.2, 0) is 11.3 Å². The topological polar surface area (TPSA) is 58.6 Å². The van der Waals surface area contributed by atoms with E-state index in [0.717, 1.165) is 6.07 Å². The Morgan fingerprint density at radius 3 is 2.67 bits per heavy atom. The molecule has 0 radical (unpaired) electrons. The van der Waals surface area contributed by atoms with Crippen molar-refractivity contribution in [3.63, 3.8) is 0 Å². The summed E-state index contributed by atoms with van der Waals surface area (Å²) in [4.78, 5) is 24.6. The SMILES string of the molecule is Cc1nccc(O[C@@H]2C(=O)N(C)[C@@H]3CN(Cc4cc(F)cc(F)c4)C[C@H]23)n1. The molecule has 0 saturated carbocycles. The number of halogens is 2. The molecule has 0 aliphatic carbocycles. The molecule has 0 unspecified atom stereocenters. The molecule has 3 atom stereocenters. The van der Waals surface area contributed by atoms with Crippen molar-refractivity contribution in [1.82, 2.24) is 19.8 Å². The molecule has 4 rings (SSSR count). The van der Waals surface area contributed by atoms with E-state index in [-0.39, 0.29) is 17.9 Å². The molecule has 3 heterocycles. The highest BCUT2D eigenvalue weighted by Gasteiger charge is 2.52. The van der Waals surface area contributed by atoms with E-state index in [1.165, 1.54) is 12.1 Å². The lowest BCUT2D eigenvalue weighted by atomic mass is 10.0. The number of carbonyl (C=O) groups excluding carboxylic acids is 1. The van der Waals surface area contributed by atoms with Gasteiger partial charge in [0.2, 0.25) is 5.88 Å². The number of likely N-dealkylation sites (N-methyl/N-ethyl adjacent to an activating group) is 1. The molecule has 8 heteroatoms. The standard InChI is InChI=1S/C19H20F2N4O2/c1-11-22-4-3-17(23-11)27-18-15-9-25(10-16(15)24(2)19(18)26)8-12-5-13(20)7-14(21)6-12/h3-7,15-16,18H,8-10H2,1-2H3/t15-,16+,18-/m0/s1. The third-order valence-corrected chi connectivity index (χ3v) is 5.21. The summed E-state index contributed by atoms with van der Waals surface area (Å²) in [7, 11) is 1.76. The van der Waals surface area contributed by atoms with Crippen LogP contribution in [0.2, 0.25) is 0 Å². The van der Waals surface area contributed by atoms with Crippen LogP contribution >= 0.6 is 0 Å². The van der Waals surface area contributed by atoms with Crippen molar-refractivity contribution in [3.8, 4) is 5.88 Å². The molecule has 0 spiro atoms. The van der Waals surface area contributed by atoms with Crippen LogP contribution < -0.4 is 4.74 Å². The van der Waals surface area contributed by atoms with Gasteiger partial charge in [-0.05, 0) is 24.6 Å². The van der Waals surface area contributed by atoms with Gasteiger partial charge in [0.15, 0.2) is 6.10 Å². The van der Waals surface area contributed by atoms with E-state index in [0.29, 0.717) is 36.9 Å². The summed E-state index contributed by atoms with van der Waals surface area (Å²) >= 11 is 0. The number of hydrogen-bond acceptors (Lipinski definition) is 5. The largest absolute Gasteiger partial charge is 0.464 e. The fourth-order valence-corrected chi connectivity index (χ4v) is 4.01. The molecule has 2 aromatic rings. The number of amides is 1. The van der Waals surface area contributed by atoms with Crippen LogP contribution in [0.1, 0.15) is 11.4 Å². The van der Waals surface area contributed by atoms with E-state index in [2.05, 4.69) is 14.9 Å². The molecule has 2 saturated heterocycles. The number of fused-ring (bicyclic) bond motifs is 1. The van der Waals surface area contributed by atoms with Crippen LogP contribution in [0, 0.1) is 24.5 Å². The molecule has 2 aliphatic rings. The first-order valence-corrected chi connectivity index (χ1v) is 8.81. The lowest BCUT2D eigenvalue weighted by molar-refractivity contribution is -0.134. The van der Waals surface area contributed by atoms with Crippen molar-refractivity contribution in [1.29, 1.82) is 0 Å². The monoisotopic (exact) mass is 374 g/mol. The quantitative estimate of drug-likeness (QED) is 0.817. The van der Waals surface area contributed by atoms with E-state index < -0.39 is 17.7 Å². The first kappa shape index (κ1) is 17.8. The van der Waals surface area contributed by atoms with Crippen molar-refractivity contribution in [2.45, 2.75) is 25.6 Å². The summed E-state index contributed by atoms with van der Waals surface area (Å²) in [5.74, 6) is -0.326. The van der Waals surface area contributed by atoms with E-state index in [1.54, 1.807) is 31.1 Å². The molecular formula is C19H20F2N4O2. The molecule has 2 fully saturated rings. The Labute approximate surface area is 155 Å². The van der Waals surface area contributed by atoms with Crippen molar-refractivity contribution >= 4 is 5.91 Å². The number of benzene rings is 1. The first-order valence-electron chi connectivity index (χ1n) is 8.81. The second-order valence-corrected chi connectivity index (χ2v) is 7.13. The molecule has 6 nitrogen and oxygen atoms in total. The Hall–Kier alpha value is -2.61. The Kier molecular flexibility index (Phi) is 4.51. The lowest BCUT2D eigenvalue weighted by Gasteiger charge is -2.22. The van der Waals surface area contributed by atoms with Crippen LogP contribution in [0.25, 0.3) is 0 Å². The summed E-state index contributed by atoms with van der Waals surface area (Å²) < 4.78 is 32.8. The molecule has 27 heavy (non-hydrogen) atoms. The fraction of sp³-hybridized carbons (Fsp3) is 0.421. The van der Waals surface area contributed by atoms with Gasteiger partial charge in [-0.1, -0.05) is 0 Å². The first-order chi connectivity index (χ1) is 12.9. The van der Waals surface area contributed by atoms with E-state index in [1.807, 2.05) is 0 Å². The Morgan fingerprint density at radius 2 is 1.96 bits per heavy atom. The average Bonchev–Trinajstić information content (AvgIpc) is 3.08. The van der Waals surface area contributed by atoms with Crippen molar-refractivity contribution < 1.29 is 18.3 Å². The number of hydrogen-bond donors (Lipinski definition) is 0. The second-order valence-electron chi connectivity index (χ2n) is 7.13. The maximum Gasteiger partial charge on any atom is 0.264 e. The van der Waals surface area contributed by atoms with E-state index in [4.69, 9.17) is 4.74 Å². The lowest BCUT2D eigenvalue weighted by Crippen LogP contribution is -2.38. The fourth-order valence-electron chi connectivity index (χ4n) is 4.01. The molecule has 142 valence electrons. The third kappa shape index (κ3) is 3.49. The van der Waals surface area contributed by atoms with Crippen LogP contribution in [0.4, 0.5) is 8.78 Å². The summed E-state index contributed by atoms with van der Waals surface area (Å²) in [6.07, 6.45) is 0.973. The minimum absolute atomic E-state index is 0.00356. The number of aryl methyl sites for hydroxylation is 1. The van der Waals surface area contributed by atoms with Gasteiger partial charge in [-0.3, -0.25) is 9.69 Å². The summed E-state index contributed by atoms with van der Waals surface area (Å²) in [6.45, 7) is 3.41. The van der Waals surface area contributed by atoms with Crippen molar-refractivity contribution in [3.05, 3.63) is 53.5 Å². The molecule has 0 bridgehead atoms. The zero-order chi connectivity index (χ0) is 19.1. The highest BCUT2D eigenvalue weighted by atomic mass is 19.1. The zero-order valence-corrected chi connectivity index (χ0v) is 15.1. The summed E-state index contributed by atoms with van der Waals surface area (Å²) in [6, 6.07) is 5.18. The number of likely N-dealkylation sites (tertiary alicyclic amines) is 2. The zero-order valence-electron chi connectivity index (χ0n) is 15.1. The van der Waals surface area contributed by atoms with Gasteiger partial charge >= 0.3 is 0 Å². The van der Waals surface area contributed by atoms with Gasteiger partial charge in [0, 0.05) is 50.9 Å². The Bertz CT molecular complexity index is 858. The van der Waals surface area contributed by atoms with Crippen molar-refractivity contribution in [2.24, 2.45) is 5.92 Å². The number of aromatic nitrogens is 2. The molecule has 0 N–H and O–H groups in total. The molecular weight excluding hydrogens is 354 g/mol.